The van der Waals surface area contributed by atoms with Crippen LogP contribution in [0.1, 0.15) is 57.9 Å². The van der Waals surface area contributed by atoms with Gasteiger partial charge in [0.25, 0.3) is 0 Å². The first-order valence-corrected chi connectivity index (χ1v) is 8.21. The molecular weight excluding hydrogens is 260 g/mol. The third-order valence-corrected chi connectivity index (χ3v) is 4.21. The standard InChI is InChI=1S/C18H28N2O/c1-13(2)7-6-8-14(3)20-18(21)16-11-12-19-17-10-5-4-9-15(16)17/h4-5,9-10,13-14,16,19H,6-8,11-12H2,1-3H3,(H,20,21). The van der Waals surface area contributed by atoms with E-state index in [2.05, 4.69) is 43.5 Å². The summed E-state index contributed by atoms with van der Waals surface area (Å²) < 4.78 is 0. The Morgan fingerprint density at radius 3 is 2.81 bits per heavy atom. The topological polar surface area (TPSA) is 41.1 Å². The lowest BCUT2D eigenvalue weighted by molar-refractivity contribution is -0.123. The van der Waals surface area contributed by atoms with Gasteiger partial charge in [0.1, 0.15) is 0 Å². The van der Waals surface area contributed by atoms with Crippen LogP contribution in [0, 0.1) is 5.92 Å². The highest BCUT2D eigenvalue weighted by atomic mass is 16.1. The van der Waals surface area contributed by atoms with Gasteiger partial charge in [-0.2, -0.15) is 0 Å². The van der Waals surface area contributed by atoms with Crippen LogP contribution in [0.2, 0.25) is 0 Å². The number of rotatable bonds is 6. The van der Waals surface area contributed by atoms with Gasteiger partial charge in [0.05, 0.1) is 5.92 Å². The molecule has 1 aliphatic rings. The molecule has 2 unspecified atom stereocenters. The summed E-state index contributed by atoms with van der Waals surface area (Å²) >= 11 is 0. The lowest BCUT2D eigenvalue weighted by atomic mass is 9.90. The van der Waals surface area contributed by atoms with Crippen LogP contribution in [0.15, 0.2) is 24.3 Å². The second kappa shape index (κ2) is 7.48. The molecule has 0 saturated carbocycles. The number of carbonyl (C=O) groups excluding carboxylic acids is 1. The first-order valence-electron chi connectivity index (χ1n) is 8.21. The van der Waals surface area contributed by atoms with Crippen LogP contribution in [-0.4, -0.2) is 18.5 Å². The Balaban J connectivity index is 1.89. The molecule has 0 aliphatic carbocycles. The van der Waals surface area contributed by atoms with Gasteiger partial charge in [-0.05, 0) is 37.3 Å². The summed E-state index contributed by atoms with van der Waals surface area (Å²) in [5, 5.41) is 6.57. The first kappa shape index (κ1) is 15.9. The Hall–Kier alpha value is -1.51. The minimum atomic E-state index is -0.00463. The SMILES string of the molecule is CC(C)CCCC(C)NC(=O)C1CCNc2ccccc21. The van der Waals surface area contributed by atoms with E-state index < -0.39 is 0 Å². The summed E-state index contributed by atoms with van der Waals surface area (Å²) in [4.78, 5) is 12.5. The summed E-state index contributed by atoms with van der Waals surface area (Å²) in [6, 6.07) is 8.41. The maximum atomic E-state index is 12.5. The molecule has 0 radical (unpaired) electrons. The number of nitrogens with one attached hydrogen (secondary N) is 2. The molecule has 21 heavy (non-hydrogen) atoms. The smallest absolute Gasteiger partial charge is 0.227 e. The Morgan fingerprint density at radius 1 is 1.29 bits per heavy atom. The predicted octanol–water partition coefficient (Wildman–Crippen LogP) is 3.92. The van der Waals surface area contributed by atoms with Crippen molar-refractivity contribution in [2.75, 3.05) is 11.9 Å². The molecule has 1 aliphatic heterocycles. The fourth-order valence-electron chi connectivity index (χ4n) is 2.99. The van der Waals surface area contributed by atoms with Crippen molar-refractivity contribution in [3.63, 3.8) is 0 Å². The van der Waals surface area contributed by atoms with Gasteiger partial charge in [-0.25, -0.2) is 0 Å². The zero-order valence-electron chi connectivity index (χ0n) is 13.5. The molecule has 1 aromatic carbocycles. The number of carbonyl (C=O) groups is 1. The monoisotopic (exact) mass is 288 g/mol. The molecule has 2 N–H and O–H groups in total. The minimum Gasteiger partial charge on any atom is -0.385 e. The van der Waals surface area contributed by atoms with Crippen LogP contribution in [0.4, 0.5) is 5.69 Å². The number of amides is 1. The highest BCUT2D eigenvalue weighted by molar-refractivity contribution is 5.86. The molecule has 0 fully saturated rings. The second-order valence-electron chi connectivity index (χ2n) is 6.59. The van der Waals surface area contributed by atoms with Crippen molar-refractivity contribution in [3.8, 4) is 0 Å². The Labute approximate surface area is 128 Å². The molecular formula is C18H28N2O. The van der Waals surface area contributed by atoms with Crippen molar-refractivity contribution in [1.82, 2.24) is 5.32 Å². The van der Waals surface area contributed by atoms with E-state index in [0.29, 0.717) is 0 Å². The van der Waals surface area contributed by atoms with Gasteiger partial charge in [-0.1, -0.05) is 44.9 Å². The van der Waals surface area contributed by atoms with Gasteiger partial charge >= 0.3 is 0 Å². The van der Waals surface area contributed by atoms with Crippen molar-refractivity contribution >= 4 is 11.6 Å². The molecule has 0 aromatic heterocycles. The Morgan fingerprint density at radius 2 is 2.05 bits per heavy atom. The van der Waals surface area contributed by atoms with Gasteiger partial charge in [-0.15, -0.1) is 0 Å². The van der Waals surface area contributed by atoms with Crippen LogP contribution >= 0.6 is 0 Å². The number of fused-ring (bicyclic) bond motifs is 1. The zero-order chi connectivity index (χ0) is 15.2. The fraction of sp³-hybridized carbons (Fsp3) is 0.611. The number of hydrogen-bond donors (Lipinski definition) is 2. The molecule has 0 spiro atoms. The average Bonchev–Trinajstić information content (AvgIpc) is 2.46. The molecule has 0 bridgehead atoms. The molecule has 2 atom stereocenters. The number of para-hydroxylation sites is 1. The molecule has 3 nitrogen and oxygen atoms in total. The van der Waals surface area contributed by atoms with Gasteiger partial charge in [0, 0.05) is 18.3 Å². The van der Waals surface area contributed by atoms with E-state index in [1.165, 1.54) is 12.8 Å². The maximum Gasteiger partial charge on any atom is 0.227 e. The zero-order valence-corrected chi connectivity index (χ0v) is 13.5. The lowest BCUT2D eigenvalue weighted by Gasteiger charge is -2.27. The van der Waals surface area contributed by atoms with Gasteiger partial charge in [0.15, 0.2) is 0 Å². The molecule has 1 aromatic rings. The van der Waals surface area contributed by atoms with E-state index in [1.807, 2.05) is 12.1 Å². The third kappa shape index (κ3) is 4.48. The van der Waals surface area contributed by atoms with Crippen molar-refractivity contribution in [1.29, 1.82) is 0 Å². The lowest BCUT2D eigenvalue weighted by Crippen LogP contribution is -2.38. The predicted molar refractivity (Wildman–Crippen MR) is 88.6 cm³/mol. The fourth-order valence-corrected chi connectivity index (χ4v) is 2.99. The first-order chi connectivity index (χ1) is 10.1. The van der Waals surface area contributed by atoms with Crippen molar-refractivity contribution in [3.05, 3.63) is 29.8 Å². The molecule has 0 saturated heterocycles. The quantitative estimate of drug-likeness (QED) is 0.833. The van der Waals surface area contributed by atoms with Gasteiger partial charge < -0.3 is 10.6 Å². The number of anilines is 1. The van der Waals surface area contributed by atoms with Crippen LogP contribution in [0.5, 0.6) is 0 Å². The highest BCUT2D eigenvalue weighted by Crippen LogP contribution is 2.31. The number of benzene rings is 1. The van der Waals surface area contributed by atoms with Gasteiger partial charge in [0.2, 0.25) is 5.91 Å². The maximum absolute atomic E-state index is 12.5. The normalized spacial score (nSPS) is 18.8. The number of hydrogen-bond acceptors (Lipinski definition) is 2. The van der Waals surface area contributed by atoms with E-state index in [4.69, 9.17) is 0 Å². The van der Waals surface area contributed by atoms with E-state index in [9.17, 15) is 4.79 Å². The van der Waals surface area contributed by atoms with Gasteiger partial charge in [-0.3, -0.25) is 4.79 Å². The average molecular weight is 288 g/mol. The van der Waals surface area contributed by atoms with Crippen molar-refractivity contribution < 1.29 is 4.79 Å². The van der Waals surface area contributed by atoms with E-state index >= 15 is 0 Å². The Bertz CT molecular complexity index is 470. The molecule has 1 heterocycles. The second-order valence-corrected chi connectivity index (χ2v) is 6.59. The molecule has 2 rings (SSSR count). The Kier molecular flexibility index (Phi) is 5.66. The largest absolute Gasteiger partial charge is 0.385 e. The summed E-state index contributed by atoms with van der Waals surface area (Å²) in [7, 11) is 0. The van der Waals surface area contributed by atoms with Crippen LogP contribution in [0.25, 0.3) is 0 Å². The van der Waals surface area contributed by atoms with E-state index in [1.54, 1.807) is 0 Å². The van der Waals surface area contributed by atoms with E-state index in [0.717, 1.165) is 36.6 Å². The van der Waals surface area contributed by atoms with Crippen LogP contribution in [-0.2, 0) is 4.79 Å². The molecule has 116 valence electrons. The summed E-state index contributed by atoms with van der Waals surface area (Å²) in [6.07, 6.45) is 4.36. The van der Waals surface area contributed by atoms with Crippen LogP contribution in [0.3, 0.4) is 0 Å². The van der Waals surface area contributed by atoms with Crippen LogP contribution < -0.4 is 10.6 Å². The van der Waals surface area contributed by atoms with E-state index in [-0.39, 0.29) is 17.9 Å². The van der Waals surface area contributed by atoms with Crippen molar-refractivity contribution in [2.24, 2.45) is 5.92 Å². The third-order valence-electron chi connectivity index (χ3n) is 4.21. The van der Waals surface area contributed by atoms with Crippen molar-refractivity contribution in [2.45, 2.75) is 58.4 Å². The molecule has 1 amide bonds. The highest BCUT2D eigenvalue weighted by Gasteiger charge is 2.26. The minimum absolute atomic E-state index is 0.00463. The summed E-state index contributed by atoms with van der Waals surface area (Å²) in [6.45, 7) is 7.48. The summed E-state index contributed by atoms with van der Waals surface area (Å²) in [5.74, 6) is 0.917. The molecule has 3 heteroatoms. The summed E-state index contributed by atoms with van der Waals surface area (Å²) in [5.41, 5.74) is 2.24.